The summed E-state index contributed by atoms with van der Waals surface area (Å²) in [4.78, 5) is 5.95. The van der Waals surface area contributed by atoms with Gasteiger partial charge in [0.25, 0.3) is 0 Å². The maximum absolute atomic E-state index is 10.4. The fourth-order valence-corrected chi connectivity index (χ4v) is 3.81. The van der Waals surface area contributed by atoms with E-state index in [1.165, 1.54) is 36.1 Å². The molecule has 3 heteroatoms. The minimum atomic E-state index is 0.432. The van der Waals surface area contributed by atoms with Crippen molar-refractivity contribution in [1.29, 1.82) is 0 Å². The summed E-state index contributed by atoms with van der Waals surface area (Å²) in [7, 11) is 0. The molecule has 1 N–H and O–H groups in total. The Morgan fingerprint density at radius 1 is 1.14 bits per heavy atom. The van der Waals surface area contributed by atoms with Crippen LogP contribution >= 0.6 is 11.8 Å². The largest absolute Gasteiger partial charge is 0.507 e. The predicted molar refractivity (Wildman–Crippen MR) is 93.0 cm³/mol. The molecule has 0 fully saturated rings. The maximum Gasteiger partial charge on any atom is 0.126 e. The van der Waals surface area contributed by atoms with E-state index in [9.17, 15) is 5.11 Å². The molecule has 21 heavy (non-hydrogen) atoms. The van der Waals surface area contributed by atoms with Crippen molar-refractivity contribution >= 4 is 17.5 Å². The molecule has 0 unspecified atom stereocenters. The monoisotopic (exact) mass is 305 g/mol. The molecule has 1 heterocycles. The van der Waals surface area contributed by atoms with Gasteiger partial charge in [0, 0.05) is 22.9 Å². The Kier molecular flexibility index (Phi) is 6.62. The van der Waals surface area contributed by atoms with E-state index in [1.807, 2.05) is 17.8 Å². The van der Waals surface area contributed by atoms with Crippen LogP contribution in [0.5, 0.6) is 5.75 Å². The molecule has 0 aromatic heterocycles. The smallest absolute Gasteiger partial charge is 0.126 e. The summed E-state index contributed by atoms with van der Waals surface area (Å²) in [6.45, 7) is 5.29. The first-order valence-electron chi connectivity index (χ1n) is 8.28. The van der Waals surface area contributed by atoms with Crippen LogP contribution in [-0.4, -0.2) is 23.1 Å². The van der Waals surface area contributed by atoms with Crippen molar-refractivity contribution < 1.29 is 5.11 Å². The van der Waals surface area contributed by atoms with Crippen molar-refractivity contribution in [3.63, 3.8) is 0 Å². The van der Waals surface area contributed by atoms with Crippen LogP contribution in [0.1, 0.15) is 63.5 Å². The van der Waals surface area contributed by atoms with Crippen LogP contribution in [0.4, 0.5) is 0 Å². The highest BCUT2D eigenvalue weighted by Crippen LogP contribution is 2.37. The number of nitrogens with zero attached hydrogens (tertiary/aromatic N) is 1. The molecule has 0 atom stereocenters. The number of thioether (sulfide) groups is 1. The standard InChI is InChI=1S/C18H27NOS/c1-3-5-7-8-14-12-16(20)18-15(19-10-6-4-2)9-11-21-17(18)13-14/h12-13,20H,3-11H2,1-2H3. The van der Waals surface area contributed by atoms with Crippen LogP contribution in [0.25, 0.3) is 0 Å². The number of unbranched alkanes of at least 4 members (excludes halogenated alkanes) is 3. The molecule has 0 spiro atoms. The second kappa shape index (κ2) is 8.47. The normalized spacial score (nSPS) is 16.2. The molecular weight excluding hydrogens is 278 g/mol. The number of aryl methyl sites for hydroxylation is 1. The van der Waals surface area contributed by atoms with Gasteiger partial charge in [-0.05, 0) is 43.4 Å². The van der Waals surface area contributed by atoms with E-state index in [1.54, 1.807) is 0 Å². The Morgan fingerprint density at radius 2 is 1.95 bits per heavy atom. The summed E-state index contributed by atoms with van der Waals surface area (Å²) >= 11 is 1.86. The Hall–Kier alpha value is -0.960. The molecule has 1 aromatic rings. The lowest BCUT2D eigenvalue weighted by atomic mass is 10.0. The zero-order valence-corrected chi connectivity index (χ0v) is 14.1. The summed E-state index contributed by atoms with van der Waals surface area (Å²) in [5.74, 6) is 1.51. The molecule has 0 aliphatic carbocycles. The Bertz CT molecular complexity index is 496. The number of rotatable bonds is 7. The van der Waals surface area contributed by atoms with Crippen LogP contribution in [0.2, 0.25) is 0 Å². The van der Waals surface area contributed by atoms with Crippen LogP contribution in [-0.2, 0) is 6.42 Å². The van der Waals surface area contributed by atoms with Gasteiger partial charge in [0.05, 0.1) is 5.56 Å². The first-order chi connectivity index (χ1) is 10.3. The van der Waals surface area contributed by atoms with Crippen molar-refractivity contribution in [2.24, 2.45) is 4.99 Å². The second-order valence-electron chi connectivity index (χ2n) is 5.73. The van der Waals surface area contributed by atoms with E-state index in [0.29, 0.717) is 5.75 Å². The maximum atomic E-state index is 10.4. The van der Waals surface area contributed by atoms with E-state index in [-0.39, 0.29) is 0 Å². The number of benzene rings is 1. The number of hydrogen-bond acceptors (Lipinski definition) is 3. The van der Waals surface area contributed by atoms with Crippen LogP contribution < -0.4 is 0 Å². The zero-order valence-electron chi connectivity index (χ0n) is 13.3. The number of aliphatic imine (C=N–C) groups is 1. The first-order valence-corrected chi connectivity index (χ1v) is 9.27. The lowest BCUT2D eigenvalue weighted by molar-refractivity contribution is 0.471. The molecule has 0 bridgehead atoms. The van der Waals surface area contributed by atoms with Gasteiger partial charge >= 0.3 is 0 Å². The summed E-state index contributed by atoms with van der Waals surface area (Å²) in [5, 5.41) is 10.4. The van der Waals surface area contributed by atoms with Crippen LogP contribution in [0.15, 0.2) is 22.0 Å². The van der Waals surface area contributed by atoms with Gasteiger partial charge < -0.3 is 5.11 Å². The van der Waals surface area contributed by atoms with Crippen molar-refractivity contribution in [3.8, 4) is 5.75 Å². The predicted octanol–water partition coefficient (Wildman–Crippen LogP) is 5.21. The molecular formula is C18H27NOS. The number of fused-ring (bicyclic) bond motifs is 1. The Morgan fingerprint density at radius 3 is 2.71 bits per heavy atom. The van der Waals surface area contributed by atoms with Crippen molar-refractivity contribution in [1.82, 2.24) is 0 Å². The molecule has 116 valence electrons. The lowest BCUT2D eigenvalue weighted by Gasteiger charge is -2.20. The molecule has 1 aromatic carbocycles. The highest BCUT2D eigenvalue weighted by Gasteiger charge is 2.20. The third kappa shape index (κ3) is 4.50. The lowest BCUT2D eigenvalue weighted by Crippen LogP contribution is -2.11. The van der Waals surface area contributed by atoms with Crippen LogP contribution in [0.3, 0.4) is 0 Å². The molecule has 1 aliphatic rings. The van der Waals surface area contributed by atoms with Gasteiger partial charge in [-0.1, -0.05) is 33.1 Å². The number of hydrogen-bond donors (Lipinski definition) is 1. The van der Waals surface area contributed by atoms with Gasteiger partial charge in [0.2, 0.25) is 0 Å². The minimum absolute atomic E-state index is 0.432. The van der Waals surface area contributed by atoms with Gasteiger partial charge in [0.1, 0.15) is 5.75 Å². The van der Waals surface area contributed by atoms with E-state index in [2.05, 4.69) is 19.9 Å². The molecule has 0 saturated heterocycles. The average Bonchev–Trinajstić information content (AvgIpc) is 2.47. The topological polar surface area (TPSA) is 32.6 Å². The van der Waals surface area contributed by atoms with Crippen LogP contribution in [0, 0.1) is 0 Å². The fourth-order valence-electron chi connectivity index (χ4n) is 2.70. The zero-order chi connectivity index (χ0) is 15.1. The summed E-state index contributed by atoms with van der Waals surface area (Å²) < 4.78 is 0. The highest BCUT2D eigenvalue weighted by atomic mass is 32.2. The second-order valence-corrected chi connectivity index (χ2v) is 6.86. The van der Waals surface area contributed by atoms with E-state index >= 15 is 0 Å². The van der Waals surface area contributed by atoms with Gasteiger partial charge in [-0.2, -0.15) is 0 Å². The average molecular weight is 305 g/mol. The summed E-state index contributed by atoms with van der Waals surface area (Å²) in [6, 6.07) is 4.22. The third-order valence-electron chi connectivity index (χ3n) is 3.91. The molecule has 2 rings (SSSR count). The minimum Gasteiger partial charge on any atom is -0.507 e. The Labute approximate surface area is 133 Å². The number of phenolic OH excluding ortho intramolecular Hbond substituents is 1. The molecule has 0 saturated carbocycles. The first kappa shape index (κ1) is 16.4. The van der Waals surface area contributed by atoms with Gasteiger partial charge in [-0.15, -0.1) is 11.8 Å². The number of aromatic hydroxyl groups is 1. The fraction of sp³-hybridized carbons (Fsp3) is 0.611. The van der Waals surface area contributed by atoms with E-state index in [4.69, 9.17) is 4.99 Å². The SMILES string of the molecule is CCCCCc1cc(O)c2c(c1)SCCC2=NCCCC. The molecule has 0 amide bonds. The molecule has 2 nitrogen and oxygen atoms in total. The third-order valence-corrected chi connectivity index (χ3v) is 4.95. The number of phenols is 1. The van der Waals surface area contributed by atoms with E-state index < -0.39 is 0 Å². The molecule has 1 aliphatic heterocycles. The van der Waals surface area contributed by atoms with Gasteiger partial charge in [0.15, 0.2) is 0 Å². The van der Waals surface area contributed by atoms with Gasteiger partial charge in [-0.3, -0.25) is 4.99 Å². The van der Waals surface area contributed by atoms with Gasteiger partial charge in [-0.25, -0.2) is 0 Å². The summed E-state index contributed by atoms with van der Waals surface area (Å²) in [6.07, 6.45) is 8.04. The highest BCUT2D eigenvalue weighted by molar-refractivity contribution is 7.99. The van der Waals surface area contributed by atoms with Crippen molar-refractivity contribution in [2.45, 2.75) is 63.7 Å². The van der Waals surface area contributed by atoms with E-state index in [0.717, 1.165) is 42.8 Å². The quantitative estimate of drug-likeness (QED) is 0.701. The van der Waals surface area contributed by atoms with Crippen molar-refractivity contribution in [2.75, 3.05) is 12.3 Å². The summed E-state index contributed by atoms with van der Waals surface area (Å²) in [5.41, 5.74) is 3.37. The van der Waals surface area contributed by atoms with Crippen molar-refractivity contribution in [3.05, 3.63) is 23.3 Å². The molecule has 0 radical (unpaired) electrons. The Balaban J connectivity index is 2.18.